The van der Waals surface area contributed by atoms with Crippen LogP contribution in [-0.2, 0) is 0 Å². The van der Waals surface area contributed by atoms with Gasteiger partial charge in [-0.3, -0.25) is 15.0 Å². The average Bonchev–Trinajstić information content (AvgIpc) is 2.67. The van der Waals surface area contributed by atoms with Gasteiger partial charge in [0.15, 0.2) is 0 Å². The van der Waals surface area contributed by atoms with Crippen molar-refractivity contribution in [1.82, 2.24) is 4.90 Å². The fourth-order valence-electron chi connectivity index (χ4n) is 7.05. The Balaban J connectivity index is 1.30. The maximum Gasteiger partial charge on any atom is 0.292 e. The van der Waals surface area contributed by atoms with Crippen molar-refractivity contribution in [2.45, 2.75) is 94.8 Å². The molecule has 2 saturated carbocycles. The van der Waals surface area contributed by atoms with Gasteiger partial charge < -0.3 is 5.32 Å². The summed E-state index contributed by atoms with van der Waals surface area (Å²) in [4.78, 5) is 14.0. The summed E-state index contributed by atoms with van der Waals surface area (Å²) >= 11 is 0. The van der Waals surface area contributed by atoms with Crippen LogP contribution < -0.4 is 5.32 Å². The van der Waals surface area contributed by atoms with Gasteiger partial charge in [-0.1, -0.05) is 37.8 Å². The molecule has 5 atom stereocenters. The third-order valence-electron chi connectivity index (χ3n) is 8.02. The number of para-hydroxylation sites is 2. The topological polar surface area (TPSA) is 58.4 Å². The molecule has 2 heterocycles. The van der Waals surface area contributed by atoms with Crippen LogP contribution in [0.3, 0.4) is 0 Å². The van der Waals surface area contributed by atoms with Gasteiger partial charge in [-0.05, 0) is 62.8 Å². The lowest BCUT2D eigenvalue weighted by Gasteiger charge is -2.55. The van der Waals surface area contributed by atoms with Gasteiger partial charge in [0.2, 0.25) is 0 Å². The van der Waals surface area contributed by atoms with Gasteiger partial charge >= 0.3 is 0 Å². The van der Waals surface area contributed by atoms with Crippen molar-refractivity contribution in [3.63, 3.8) is 0 Å². The number of fused-ring (bicyclic) bond motifs is 4. The zero-order valence-corrected chi connectivity index (χ0v) is 16.8. The van der Waals surface area contributed by atoms with Crippen molar-refractivity contribution in [3.05, 3.63) is 34.4 Å². The lowest BCUT2D eigenvalue weighted by Crippen LogP contribution is -2.60. The zero-order chi connectivity index (χ0) is 19.1. The average molecular weight is 384 g/mol. The molecule has 0 aromatic heterocycles. The minimum Gasteiger partial charge on any atom is -0.377 e. The lowest BCUT2D eigenvalue weighted by molar-refractivity contribution is -0.384. The second kappa shape index (κ2) is 7.66. The SMILES string of the molecule is O=[N+]([O-])c1ccccc1N[C@H]1C[C@H]2CCC[C@@H](C1)N2C1CC2CCCC(C2)C1. The number of hydrogen-bond acceptors (Lipinski definition) is 4. The van der Waals surface area contributed by atoms with Crippen LogP contribution in [0.25, 0.3) is 0 Å². The second-order valence-corrected chi connectivity index (χ2v) is 9.80. The molecule has 4 aliphatic rings. The van der Waals surface area contributed by atoms with Gasteiger partial charge in [-0.25, -0.2) is 0 Å². The molecular weight excluding hydrogens is 350 g/mol. The molecule has 2 unspecified atom stereocenters. The monoisotopic (exact) mass is 383 g/mol. The highest BCUT2D eigenvalue weighted by Gasteiger charge is 2.44. The van der Waals surface area contributed by atoms with Gasteiger partial charge in [0.1, 0.15) is 5.69 Å². The van der Waals surface area contributed by atoms with Crippen LogP contribution in [-0.4, -0.2) is 34.0 Å². The minimum atomic E-state index is -0.265. The van der Waals surface area contributed by atoms with Crippen molar-refractivity contribution < 1.29 is 4.92 Å². The fourth-order valence-corrected chi connectivity index (χ4v) is 7.05. The highest BCUT2D eigenvalue weighted by atomic mass is 16.6. The Hall–Kier alpha value is -1.62. The summed E-state index contributed by atoms with van der Waals surface area (Å²) in [6.45, 7) is 0. The van der Waals surface area contributed by atoms with Gasteiger partial charge in [0.05, 0.1) is 4.92 Å². The predicted molar refractivity (Wildman–Crippen MR) is 111 cm³/mol. The molecule has 4 bridgehead atoms. The quantitative estimate of drug-likeness (QED) is 0.561. The van der Waals surface area contributed by atoms with Crippen LogP contribution in [0.5, 0.6) is 0 Å². The van der Waals surface area contributed by atoms with Crippen LogP contribution in [0.15, 0.2) is 24.3 Å². The number of piperidine rings is 2. The van der Waals surface area contributed by atoms with Gasteiger partial charge in [-0.2, -0.15) is 0 Å². The summed E-state index contributed by atoms with van der Waals surface area (Å²) in [5.74, 6) is 1.95. The molecule has 2 aliphatic carbocycles. The third kappa shape index (κ3) is 3.54. The Morgan fingerprint density at radius 1 is 0.857 bits per heavy atom. The molecule has 5 heteroatoms. The highest BCUT2D eigenvalue weighted by Crippen LogP contribution is 2.46. The first kappa shape index (κ1) is 18.4. The normalized spacial score (nSPS) is 38.0. The smallest absolute Gasteiger partial charge is 0.292 e. The van der Waals surface area contributed by atoms with Crippen LogP contribution in [0, 0.1) is 22.0 Å². The standard InChI is InChI=1S/C23H33N3O2/c27-26(28)23-10-2-1-9-22(23)24-18-14-19-7-4-8-20(15-18)25(19)21-12-16-5-3-6-17(11-16)13-21/h1-2,9-10,16-21,24H,3-8,11-15H2/t16?,17?,18-,19+,20-,21?. The predicted octanol–water partition coefficient (Wildman–Crippen LogP) is 5.36. The molecule has 2 aliphatic heterocycles. The van der Waals surface area contributed by atoms with E-state index >= 15 is 0 Å². The summed E-state index contributed by atoms with van der Waals surface area (Å²) < 4.78 is 0. The lowest BCUT2D eigenvalue weighted by atomic mass is 9.68. The maximum absolute atomic E-state index is 11.4. The van der Waals surface area contributed by atoms with Crippen molar-refractivity contribution in [2.75, 3.05) is 5.32 Å². The van der Waals surface area contributed by atoms with Crippen LogP contribution >= 0.6 is 0 Å². The fraction of sp³-hybridized carbons (Fsp3) is 0.739. The van der Waals surface area contributed by atoms with E-state index in [0.29, 0.717) is 23.8 Å². The Labute approximate surface area is 168 Å². The summed E-state index contributed by atoms with van der Waals surface area (Å²) in [6, 6.07) is 9.60. The number of benzene rings is 1. The molecule has 2 saturated heterocycles. The van der Waals surface area contributed by atoms with E-state index in [2.05, 4.69) is 10.2 Å². The molecule has 5 rings (SSSR count). The molecule has 1 aromatic rings. The van der Waals surface area contributed by atoms with Crippen LogP contribution in [0.2, 0.25) is 0 Å². The van der Waals surface area contributed by atoms with E-state index in [9.17, 15) is 10.1 Å². The molecule has 0 radical (unpaired) electrons. The number of nitrogens with one attached hydrogen (secondary N) is 1. The van der Waals surface area contributed by atoms with Gasteiger partial charge in [-0.15, -0.1) is 0 Å². The van der Waals surface area contributed by atoms with Gasteiger partial charge in [0.25, 0.3) is 5.69 Å². The Morgan fingerprint density at radius 2 is 1.50 bits per heavy atom. The minimum absolute atomic E-state index is 0.204. The van der Waals surface area contributed by atoms with E-state index in [1.165, 1.54) is 57.8 Å². The molecule has 5 nitrogen and oxygen atoms in total. The first-order valence-electron chi connectivity index (χ1n) is 11.4. The molecule has 1 N–H and O–H groups in total. The number of rotatable bonds is 4. The molecule has 0 spiro atoms. The van der Waals surface area contributed by atoms with E-state index in [1.54, 1.807) is 12.1 Å². The number of anilines is 1. The van der Waals surface area contributed by atoms with Crippen molar-refractivity contribution in [3.8, 4) is 0 Å². The third-order valence-corrected chi connectivity index (χ3v) is 8.02. The largest absolute Gasteiger partial charge is 0.377 e. The Morgan fingerprint density at radius 3 is 2.18 bits per heavy atom. The number of nitro benzene ring substituents is 1. The second-order valence-electron chi connectivity index (χ2n) is 9.80. The van der Waals surface area contributed by atoms with Crippen molar-refractivity contribution >= 4 is 11.4 Å². The van der Waals surface area contributed by atoms with E-state index in [-0.39, 0.29) is 10.6 Å². The molecule has 0 amide bonds. The number of nitrogens with zero attached hydrogens (tertiary/aromatic N) is 2. The van der Waals surface area contributed by atoms with E-state index in [4.69, 9.17) is 0 Å². The summed E-state index contributed by atoms with van der Waals surface area (Å²) in [6.07, 6.45) is 14.9. The Bertz CT molecular complexity index is 698. The molecule has 28 heavy (non-hydrogen) atoms. The summed E-state index contributed by atoms with van der Waals surface area (Å²) in [5.41, 5.74) is 0.895. The molecule has 152 valence electrons. The summed E-state index contributed by atoms with van der Waals surface area (Å²) in [7, 11) is 0. The first-order valence-corrected chi connectivity index (χ1v) is 11.4. The van der Waals surface area contributed by atoms with E-state index in [1.807, 2.05) is 12.1 Å². The molecular formula is C23H33N3O2. The van der Waals surface area contributed by atoms with Crippen molar-refractivity contribution in [2.24, 2.45) is 11.8 Å². The zero-order valence-electron chi connectivity index (χ0n) is 16.8. The Kier molecular flexibility index (Phi) is 5.04. The number of hydrogen-bond donors (Lipinski definition) is 1. The highest BCUT2D eigenvalue weighted by molar-refractivity contribution is 5.61. The maximum atomic E-state index is 11.4. The summed E-state index contributed by atoms with van der Waals surface area (Å²) in [5, 5.41) is 14.9. The van der Waals surface area contributed by atoms with Crippen LogP contribution in [0.1, 0.15) is 70.6 Å². The van der Waals surface area contributed by atoms with E-state index in [0.717, 1.165) is 30.7 Å². The number of nitro groups is 1. The first-order chi connectivity index (χ1) is 13.7. The van der Waals surface area contributed by atoms with Crippen molar-refractivity contribution in [1.29, 1.82) is 0 Å². The van der Waals surface area contributed by atoms with Gasteiger partial charge in [0, 0.05) is 30.2 Å². The molecule has 4 fully saturated rings. The van der Waals surface area contributed by atoms with Crippen LogP contribution in [0.4, 0.5) is 11.4 Å². The van der Waals surface area contributed by atoms with E-state index < -0.39 is 0 Å². The molecule has 1 aromatic carbocycles.